The van der Waals surface area contributed by atoms with Gasteiger partial charge in [0.15, 0.2) is 0 Å². The van der Waals surface area contributed by atoms with Gasteiger partial charge in [0.05, 0.1) is 0 Å². The molecule has 20 heavy (non-hydrogen) atoms. The van der Waals surface area contributed by atoms with Gasteiger partial charge in [0, 0.05) is 31.2 Å². The molecule has 116 valence electrons. The first-order valence-electron chi connectivity index (χ1n) is 8.84. The summed E-state index contributed by atoms with van der Waals surface area (Å²) in [6.07, 6.45) is 9.62. The van der Waals surface area contributed by atoms with Gasteiger partial charge in [-0.3, -0.25) is 4.90 Å². The molecule has 2 N–H and O–H groups in total. The van der Waals surface area contributed by atoms with Crippen LogP contribution in [0, 0.1) is 11.8 Å². The molecule has 0 aromatic rings. The van der Waals surface area contributed by atoms with E-state index in [-0.39, 0.29) is 0 Å². The molecule has 2 heterocycles. The molecule has 2 aliphatic heterocycles. The minimum atomic E-state index is 0.349. The van der Waals surface area contributed by atoms with Gasteiger partial charge in [-0.25, -0.2) is 0 Å². The van der Waals surface area contributed by atoms with E-state index in [0.717, 1.165) is 24.4 Å². The predicted molar refractivity (Wildman–Crippen MR) is 84.7 cm³/mol. The fourth-order valence-electron chi connectivity index (χ4n) is 5.25. The molecule has 3 rings (SSSR count). The second-order valence-electron chi connectivity index (χ2n) is 7.63. The van der Waals surface area contributed by atoms with E-state index >= 15 is 0 Å². The Balaban J connectivity index is 1.68. The molecule has 3 heteroatoms. The average molecular weight is 279 g/mol. The van der Waals surface area contributed by atoms with E-state index in [1.807, 2.05) is 0 Å². The van der Waals surface area contributed by atoms with Crippen molar-refractivity contribution in [3.63, 3.8) is 0 Å². The van der Waals surface area contributed by atoms with Gasteiger partial charge in [-0.2, -0.15) is 0 Å². The molecule has 0 radical (unpaired) electrons. The number of nitrogens with two attached hydrogens (primary N) is 1. The first-order chi connectivity index (χ1) is 9.68. The number of piperidine rings is 2. The molecule has 0 spiro atoms. The Kier molecular flexibility index (Phi) is 4.40. The van der Waals surface area contributed by atoms with Crippen LogP contribution in [-0.2, 0) is 0 Å². The van der Waals surface area contributed by atoms with E-state index < -0.39 is 0 Å². The predicted octanol–water partition coefficient (Wildman–Crippen LogP) is 2.31. The summed E-state index contributed by atoms with van der Waals surface area (Å²) in [6.45, 7) is 7.11. The van der Waals surface area contributed by atoms with Crippen LogP contribution in [0.15, 0.2) is 0 Å². The van der Waals surface area contributed by atoms with Crippen molar-refractivity contribution in [2.45, 2.75) is 63.5 Å². The van der Waals surface area contributed by atoms with Gasteiger partial charge in [0.1, 0.15) is 0 Å². The highest BCUT2D eigenvalue weighted by molar-refractivity contribution is 5.02. The van der Waals surface area contributed by atoms with E-state index in [9.17, 15) is 0 Å². The molecule has 4 unspecified atom stereocenters. The second kappa shape index (κ2) is 5.94. The molecule has 3 nitrogen and oxygen atoms in total. The maximum Gasteiger partial charge on any atom is 0.0334 e. The lowest BCUT2D eigenvalue weighted by Gasteiger charge is -2.51. The number of rotatable bonds is 3. The fraction of sp³-hybridized carbons (Fsp3) is 1.00. The van der Waals surface area contributed by atoms with Crippen molar-refractivity contribution in [3.05, 3.63) is 0 Å². The molecule has 3 fully saturated rings. The highest BCUT2D eigenvalue weighted by Crippen LogP contribution is 2.43. The number of hydrogen-bond donors (Lipinski definition) is 1. The Morgan fingerprint density at radius 1 is 1.20 bits per heavy atom. The van der Waals surface area contributed by atoms with Crippen molar-refractivity contribution in [3.8, 4) is 0 Å². The molecular formula is C17H33N3. The second-order valence-corrected chi connectivity index (χ2v) is 7.63. The van der Waals surface area contributed by atoms with E-state index in [1.54, 1.807) is 0 Å². The Morgan fingerprint density at radius 2 is 2.05 bits per heavy atom. The highest BCUT2D eigenvalue weighted by Gasteiger charge is 2.45. The molecule has 3 aliphatic rings. The van der Waals surface area contributed by atoms with Crippen molar-refractivity contribution in [2.24, 2.45) is 17.6 Å². The molecule has 0 aromatic heterocycles. The van der Waals surface area contributed by atoms with Crippen LogP contribution >= 0.6 is 0 Å². The number of hydrogen-bond acceptors (Lipinski definition) is 3. The third-order valence-electron chi connectivity index (χ3n) is 6.66. The lowest BCUT2D eigenvalue weighted by molar-refractivity contribution is -0.0135. The van der Waals surface area contributed by atoms with Crippen molar-refractivity contribution in [2.75, 3.05) is 33.2 Å². The van der Waals surface area contributed by atoms with Gasteiger partial charge >= 0.3 is 0 Å². The van der Waals surface area contributed by atoms with E-state index in [1.165, 1.54) is 64.6 Å². The number of nitrogens with zero attached hydrogens (tertiary/aromatic N) is 2. The van der Waals surface area contributed by atoms with E-state index in [4.69, 9.17) is 5.73 Å². The topological polar surface area (TPSA) is 32.5 Å². The maximum absolute atomic E-state index is 6.26. The van der Waals surface area contributed by atoms with Gasteiger partial charge < -0.3 is 10.6 Å². The van der Waals surface area contributed by atoms with E-state index in [0.29, 0.717) is 5.54 Å². The summed E-state index contributed by atoms with van der Waals surface area (Å²) in [4.78, 5) is 5.42. The van der Waals surface area contributed by atoms with Crippen molar-refractivity contribution in [1.82, 2.24) is 9.80 Å². The van der Waals surface area contributed by atoms with Gasteiger partial charge in [-0.15, -0.1) is 0 Å². The SMILES string of the molecule is CCC1CCC(CN)(N2CCC3C(CCCN3C)C2)C1. The lowest BCUT2D eigenvalue weighted by atomic mass is 9.81. The zero-order valence-electron chi connectivity index (χ0n) is 13.5. The van der Waals surface area contributed by atoms with Crippen molar-refractivity contribution >= 4 is 0 Å². The summed E-state index contributed by atoms with van der Waals surface area (Å²) < 4.78 is 0. The minimum absolute atomic E-state index is 0.349. The average Bonchev–Trinajstić information content (AvgIpc) is 2.92. The quantitative estimate of drug-likeness (QED) is 0.860. The van der Waals surface area contributed by atoms with Crippen LogP contribution in [0.2, 0.25) is 0 Å². The molecule has 0 aromatic carbocycles. The Labute approximate surface area is 124 Å². The van der Waals surface area contributed by atoms with Crippen LogP contribution in [-0.4, -0.2) is 54.6 Å². The summed E-state index contributed by atoms with van der Waals surface area (Å²) in [5, 5.41) is 0. The monoisotopic (exact) mass is 279 g/mol. The van der Waals surface area contributed by atoms with Crippen molar-refractivity contribution < 1.29 is 0 Å². The smallest absolute Gasteiger partial charge is 0.0334 e. The fourth-order valence-corrected chi connectivity index (χ4v) is 5.25. The molecule has 2 saturated heterocycles. The summed E-state index contributed by atoms with van der Waals surface area (Å²) in [5.41, 5.74) is 6.61. The van der Waals surface area contributed by atoms with Crippen molar-refractivity contribution in [1.29, 1.82) is 0 Å². The molecular weight excluding hydrogens is 246 g/mol. The minimum Gasteiger partial charge on any atom is -0.329 e. The molecule has 1 saturated carbocycles. The summed E-state index contributed by atoms with van der Waals surface area (Å²) in [7, 11) is 2.33. The Bertz CT molecular complexity index is 332. The summed E-state index contributed by atoms with van der Waals surface area (Å²) in [6, 6.07) is 0.846. The Morgan fingerprint density at radius 3 is 2.75 bits per heavy atom. The van der Waals surface area contributed by atoms with Gasteiger partial charge in [0.25, 0.3) is 0 Å². The lowest BCUT2D eigenvalue weighted by Crippen LogP contribution is -2.60. The summed E-state index contributed by atoms with van der Waals surface area (Å²) in [5.74, 6) is 1.82. The molecule has 0 bridgehead atoms. The largest absolute Gasteiger partial charge is 0.329 e. The molecule has 0 amide bonds. The number of fused-ring (bicyclic) bond motifs is 1. The van der Waals surface area contributed by atoms with E-state index in [2.05, 4.69) is 23.8 Å². The van der Waals surface area contributed by atoms with Crippen LogP contribution < -0.4 is 5.73 Å². The molecule has 4 atom stereocenters. The van der Waals surface area contributed by atoms with Gasteiger partial charge in [-0.1, -0.05) is 13.3 Å². The zero-order valence-corrected chi connectivity index (χ0v) is 13.5. The number of likely N-dealkylation sites (tertiary alicyclic amines) is 2. The Hall–Kier alpha value is -0.120. The highest BCUT2D eigenvalue weighted by atomic mass is 15.3. The summed E-state index contributed by atoms with van der Waals surface area (Å²) >= 11 is 0. The van der Waals surface area contributed by atoms with Crippen LogP contribution in [0.1, 0.15) is 51.9 Å². The first kappa shape index (κ1) is 14.8. The van der Waals surface area contributed by atoms with Crippen LogP contribution in [0.3, 0.4) is 0 Å². The molecule has 1 aliphatic carbocycles. The first-order valence-corrected chi connectivity index (χ1v) is 8.84. The van der Waals surface area contributed by atoms with Gasteiger partial charge in [-0.05, 0) is 64.0 Å². The third kappa shape index (κ3) is 2.53. The maximum atomic E-state index is 6.26. The normalized spacial score (nSPS) is 43.6. The van der Waals surface area contributed by atoms with Crippen LogP contribution in [0.25, 0.3) is 0 Å². The van der Waals surface area contributed by atoms with Crippen LogP contribution in [0.5, 0.6) is 0 Å². The standard InChI is InChI=1S/C17H33N3/c1-3-14-6-8-17(11-14,13-18)20-10-7-16-15(12-20)5-4-9-19(16)2/h14-16H,3-13,18H2,1-2H3. The zero-order chi connectivity index (χ0) is 14.2. The van der Waals surface area contributed by atoms with Gasteiger partial charge in [0.2, 0.25) is 0 Å². The van der Waals surface area contributed by atoms with Crippen LogP contribution in [0.4, 0.5) is 0 Å². The third-order valence-corrected chi connectivity index (χ3v) is 6.66.